The smallest absolute Gasteiger partial charge is 0.230 e. The minimum atomic E-state index is 0.183. The largest absolute Gasteiger partial charge is 0.507 e. The molecule has 1 heterocycles. The first-order valence-corrected chi connectivity index (χ1v) is 9.02. The van der Waals surface area contributed by atoms with Crippen molar-refractivity contribution in [1.82, 2.24) is 9.55 Å². The predicted octanol–water partition coefficient (Wildman–Crippen LogP) is 5.30. The van der Waals surface area contributed by atoms with Crippen molar-refractivity contribution >= 4 is 39.1 Å². The van der Waals surface area contributed by atoms with Crippen molar-refractivity contribution in [1.29, 1.82) is 0 Å². The number of halogens is 1. The van der Waals surface area contributed by atoms with Gasteiger partial charge in [0.05, 0.1) is 17.6 Å². The number of aromatic nitrogens is 2. The number of para-hydroxylation sites is 2. The van der Waals surface area contributed by atoms with E-state index >= 15 is 0 Å². The third-order valence-electron chi connectivity index (χ3n) is 4.13. The lowest BCUT2D eigenvalue weighted by atomic mass is 10.2. The van der Waals surface area contributed by atoms with Crippen LogP contribution in [0.1, 0.15) is 11.1 Å². The molecule has 0 amide bonds. The van der Waals surface area contributed by atoms with E-state index in [4.69, 9.17) is 0 Å². The molecule has 0 spiro atoms. The Labute approximate surface area is 159 Å². The number of aromatic hydroxyl groups is 1. The zero-order valence-electron chi connectivity index (χ0n) is 13.9. The van der Waals surface area contributed by atoms with Gasteiger partial charge in [0.15, 0.2) is 0 Å². The molecular formula is C21H16BrN3O. The zero-order chi connectivity index (χ0) is 17.9. The van der Waals surface area contributed by atoms with Gasteiger partial charge >= 0.3 is 0 Å². The number of phenolic OH excluding ortho intramolecular Hbond substituents is 1. The Balaban J connectivity index is 1.78. The molecule has 4 rings (SSSR count). The van der Waals surface area contributed by atoms with Crippen LogP contribution in [0.15, 0.2) is 82.3 Å². The molecule has 1 N–H and O–H groups in total. The summed E-state index contributed by atoms with van der Waals surface area (Å²) in [4.78, 5) is 9.21. The van der Waals surface area contributed by atoms with E-state index in [0.717, 1.165) is 15.5 Å². The van der Waals surface area contributed by atoms with Gasteiger partial charge < -0.3 is 9.67 Å². The fourth-order valence-corrected chi connectivity index (χ4v) is 3.22. The number of phenols is 1. The molecule has 0 radical (unpaired) electrons. The molecule has 26 heavy (non-hydrogen) atoms. The normalized spacial score (nSPS) is 11.4. The molecule has 1 aromatic heterocycles. The lowest BCUT2D eigenvalue weighted by molar-refractivity contribution is 0.474. The molecule has 0 aliphatic carbocycles. The average molecular weight is 406 g/mol. The van der Waals surface area contributed by atoms with E-state index in [2.05, 4.69) is 42.6 Å². The monoisotopic (exact) mass is 405 g/mol. The van der Waals surface area contributed by atoms with E-state index in [1.165, 1.54) is 5.56 Å². The summed E-state index contributed by atoms with van der Waals surface area (Å²) in [5.41, 5.74) is 3.74. The summed E-state index contributed by atoms with van der Waals surface area (Å²) in [6, 6.07) is 23.5. The van der Waals surface area contributed by atoms with E-state index in [-0.39, 0.29) is 5.75 Å². The van der Waals surface area contributed by atoms with Crippen molar-refractivity contribution in [2.24, 2.45) is 4.99 Å². The molecule has 128 valence electrons. The topological polar surface area (TPSA) is 50.4 Å². The van der Waals surface area contributed by atoms with Gasteiger partial charge in [0.1, 0.15) is 5.75 Å². The third kappa shape index (κ3) is 3.39. The Morgan fingerprint density at radius 1 is 1.00 bits per heavy atom. The van der Waals surface area contributed by atoms with Crippen LogP contribution in [0.3, 0.4) is 0 Å². The number of hydrogen-bond donors (Lipinski definition) is 1. The van der Waals surface area contributed by atoms with Crippen LogP contribution in [0.5, 0.6) is 5.75 Å². The third-order valence-corrected chi connectivity index (χ3v) is 4.62. The fourth-order valence-electron chi connectivity index (χ4n) is 2.84. The summed E-state index contributed by atoms with van der Waals surface area (Å²) in [7, 11) is 0. The number of rotatable bonds is 4. The second kappa shape index (κ2) is 7.14. The Kier molecular flexibility index (Phi) is 4.54. The molecular weight excluding hydrogens is 390 g/mol. The minimum absolute atomic E-state index is 0.183. The SMILES string of the molecule is Oc1ccc(Br)cc1/C=N/c1nc2ccccc2n1Cc1ccccc1. The lowest BCUT2D eigenvalue weighted by Crippen LogP contribution is -1.99. The molecule has 5 heteroatoms. The van der Waals surface area contributed by atoms with Crippen LogP contribution >= 0.6 is 15.9 Å². The molecule has 0 fully saturated rings. The maximum absolute atomic E-state index is 10.0. The molecule has 0 aliphatic rings. The van der Waals surface area contributed by atoms with Gasteiger partial charge in [-0.05, 0) is 35.9 Å². The van der Waals surface area contributed by atoms with Crippen LogP contribution in [0.2, 0.25) is 0 Å². The quantitative estimate of drug-likeness (QED) is 0.468. The average Bonchev–Trinajstić information content (AvgIpc) is 3.01. The maximum atomic E-state index is 10.0. The van der Waals surface area contributed by atoms with Crippen molar-refractivity contribution in [3.8, 4) is 5.75 Å². The molecule has 0 saturated heterocycles. The van der Waals surface area contributed by atoms with Crippen LogP contribution in [-0.4, -0.2) is 20.9 Å². The summed E-state index contributed by atoms with van der Waals surface area (Å²) >= 11 is 3.42. The van der Waals surface area contributed by atoms with Gasteiger partial charge in [0.2, 0.25) is 5.95 Å². The first kappa shape index (κ1) is 16.5. The molecule has 0 bridgehead atoms. The lowest BCUT2D eigenvalue weighted by Gasteiger charge is -2.07. The first-order valence-electron chi connectivity index (χ1n) is 8.22. The first-order chi connectivity index (χ1) is 12.7. The van der Waals surface area contributed by atoms with E-state index in [9.17, 15) is 5.11 Å². The van der Waals surface area contributed by atoms with Crippen LogP contribution in [0.25, 0.3) is 11.0 Å². The Morgan fingerprint density at radius 2 is 1.77 bits per heavy atom. The van der Waals surface area contributed by atoms with Crippen molar-refractivity contribution in [3.63, 3.8) is 0 Å². The summed E-state index contributed by atoms with van der Waals surface area (Å²) in [5.74, 6) is 0.789. The number of hydrogen-bond acceptors (Lipinski definition) is 3. The molecule has 0 unspecified atom stereocenters. The second-order valence-corrected chi connectivity index (χ2v) is 6.85. The highest BCUT2D eigenvalue weighted by Crippen LogP contribution is 2.25. The van der Waals surface area contributed by atoms with E-state index in [0.29, 0.717) is 18.1 Å². The summed E-state index contributed by atoms with van der Waals surface area (Å²) in [6.07, 6.45) is 1.64. The van der Waals surface area contributed by atoms with Gasteiger partial charge in [0.25, 0.3) is 0 Å². The number of aliphatic imine (C=N–C) groups is 1. The van der Waals surface area contributed by atoms with Crippen molar-refractivity contribution in [2.75, 3.05) is 0 Å². The molecule has 0 atom stereocenters. The van der Waals surface area contributed by atoms with Crippen LogP contribution in [0.4, 0.5) is 5.95 Å². The highest BCUT2D eigenvalue weighted by molar-refractivity contribution is 9.10. The molecule has 4 nitrogen and oxygen atoms in total. The number of benzene rings is 3. The van der Waals surface area contributed by atoms with Crippen molar-refractivity contribution < 1.29 is 5.11 Å². The van der Waals surface area contributed by atoms with Gasteiger partial charge in [0, 0.05) is 16.3 Å². The van der Waals surface area contributed by atoms with Crippen LogP contribution in [-0.2, 0) is 6.54 Å². The molecule has 4 aromatic rings. The molecule has 0 aliphatic heterocycles. The van der Waals surface area contributed by atoms with Gasteiger partial charge in [-0.25, -0.2) is 9.98 Å². The number of nitrogens with zero attached hydrogens (tertiary/aromatic N) is 3. The van der Waals surface area contributed by atoms with E-state index < -0.39 is 0 Å². The van der Waals surface area contributed by atoms with Gasteiger partial charge in [-0.1, -0.05) is 58.4 Å². The second-order valence-electron chi connectivity index (χ2n) is 5.93. The van der Waals surface area contributed by atoms with E-state index in [1.807, 2.05) is 48.5 Å². The predicted molar refractivity (Wildman–Crippen MR) is 108 cm³/mol. The standard InChI is InChI=1S/C21H16BrN3O/c22-17-10-11-20(26)16(12-17)13-23-21-24-18-8-4-5-9-19(18)25(21)14-15-6-2-1-3-7-15/h1-13,26H,14H2/b23-13+. The molecule has 3 aromatic carbocycles. The minimum Gasteiger partial charge on any atom is -0.507 e. The maximum Gasteiger partial charge on any atom is 0.230 e. The van der Waals surface area contributed by atoms with E-state index in [1.54, 1.807) is 18.3 Å². The summed E-state index contributed by atoms with van der Waals surface area (Å²) in [5, 5.41) is 10.0. The highest BCUT2D eigenvalue weighted by atomic mass is 79.9. The zero-order valence-corrected chi connectivity index (χ0v) is 15.5. The summed E-state index contributed by atoms with van der Waals surface area (Å²) < 4.78 is 2.96. The van der Waals surface area contributed by atoms with Gasteiger partial charge in [-0.2, -0.15) is 0 Å². The van der Waals surface area contributed by atoms with Gasteiger partial charge in [-0.3, -0.25) is 0 Å². The number of fused-ring (bicyclic) bond motifs is 1. The Morgan fingerprint density at radius 3 is 2.62 bits per heavy atom. The van der Waals surface area contributed by atoms with Gasteiger partial charge in [-0.15, -0.1) is 0 Å². The Bertz CT molecular complexity index is 1090. The van der Waals surface area contributed by atoms with Crippen molar-refractivity contribution in [3.05, 3.63) is 88.4 Å². The number of imidazole rings is 1. The fraction of sp³-hybridized carbons (Fsp3) is 0.0476. The molecule has 0 saturated carbocycles. The van der Waals surface area contributed by atoms with Crippen LogP contribution < -0.4 is 0 Å². The Hall–Kier alpha value is -2.92. The van der Waals surface area contributed by atoms with Crippen molar-refractivity contribution in [2.45, 2.75) is 6.54 Å². The highest BCUT2D eigenvalue weighted by Gasteiger charge is 2.10. The van der Waals surface area contributed by atoms with Crippen LogP contribution in [0, 0.1) is 0 Å². The summed E-state index contributed by atoms with van der Waals surface area (Å²) in [6.45, 7) is 0.679.